The fourth-order valence-electron chi connectivity index (χ4n) is 2.41. The molecule has 0 radical (unpaired) electrons. The van der Waals surface area contributed by atoms with E-state index in [9.17, 15) is 9.59 Å². The zero-order valence-corrected chi connectivity index (χ0v) is 14.3. The average Bonchev–Trinajstić information content (AvgIpc) is 3.25. The van der Waals surface area contributed by atoms with E-state index in [1.165, 1.54) is 22.6 Å². The molecule has 3 aromatic rings. The van der Waals surface area contributed by atoms with Crippen molar-refractivity contribution in [3.05, 3.63) is 65.6 Å². The summed E-state index contributed by atoms with van der Waals surface area (Å²) in [5.74, 6) is -0.772. The molecule has 0 unspecified atom stereocenters. The number of carboxylic acid groups (broad SMARTS) is 1. The number of hydrogen-bond donors (Lipinski definition) is 2. The van der Waals surface area contributed by atoms with E-state index in [2.05, 4.69) is 15.5 Å². The van der Waals surface area contributed by atoms with Crippen molar-refractivity contribution in [2.24, 2.45) is 0 Å². The number of aryl methyl sites for hydroxylation is 2. The largest absolute Gasteiger partial charge is 0.478 e. The van der Waals surface area contributed by atoms with Gasteiger partial charge in [0, 0.05) is 31.4 Å². The van der Waals surface area contributed by atoms with Gasteiger partial charge in [-0.25, -0.2) is 4.79 Å². The Morgan fingerprint density at radius 2 is 1.92 bits per heavy atom. The minimum Gasteiger partial charge on any atom is -0.478 e. The van der Waals surface area contributed by atoms with Gasteiger partial charge in [-0.05, 0) is 12.5 Å². The van der Waals surface area contributed by atoms with E-state index in [-0.39, 0.29) is 17.9 Å². The maximum atomic E-state index is 12.0. The van der Waals surface area contributed by atoms with Crippen LogP contribution >= 0.6 is 0 Å². The van der Waals surface area contributed by atoms with Crippen LogP contribution in [0.25, 0.3) is 0 Å². The van der Waals surface area contributed by atoms with Gasteiger partial charge in [0.15, 0.2) is 5.82 Å². The number of anilines is 1. The molecule has 2 aromatic heterocycles. The molecule has 0 bridgehead atoms. The summed E-state index contributed by atoms with van der Waals surface area (Å²) >= 11 is 0. The topological polar surface area (TPSA) is 102 Å². The summed E-state index contributed by atoms with van der Waals surface area (Å²) in [7, 11) is 0. The summed E-state index contributed by atoms with van der Waals surface area (Å²) in [6, 6.07) is 9.93. The fraction of sp³-hybridized carbons (Fsp3) is 0.222. The van der Waals surface area contributed by atoms with Crippen molar-refractivity contribution < 1.29 is 14.7 Å². The highest BCUT2D eigenvalue weighted by Gasteiger charge is 2.09. The van der Waals surface area contributed by atoms with Gasteiger partial charge in [0.1, 0.15) is 0 Å². The Balaban J connectivity index is 1.50. The van der Waals surface area contributed by atoms with Gasteiger partial charge in [0.2, 0.25) is 5.91 Å². The van der Waals surface area contributed by atoms with E-state index in [4.69, 9.17) is 5.11 Å². The fourth-order valence-corrected chi connectivity index (χ4v) is 2.41. The third-order valence-electron chi connectivity index (χ3n) is 3.82. The normalized spacial score (nSPS) is 10.7. The molecule has 26 heavy (non-hydrogen) atoms. The van der Waals surface area contributed by atoms with Gasteiger partial charge in [-0.1, -0.05) is 29.8 Å². The van der Waals surface area contributed by atoms with Crippen LogP contribution in [0.15, 0.2) is 48.9 Å². The highest BCUT2D eigenvalue weighted by Crippen LogP contribution is 2.08. The summed E-state index contributed by atoms with van der Waals surface area (Å²) in [4.78, 5) is 22.8. The minimum atomic E-state index is -1.04. The standard InChI is InChI=1S/C18H19N5O3/c1-13-2-4-14(5-3-13)11-23-8-6-16(21-23)20-17(24)7-9-22-12-15(10-19-22)18(25)26/h2-6,8,10,12H,7,9,11H2,1H3,(H,25,26)(H,20,21,24). The predicted molar refractivity (Wildman–Crippen MR) is 94.9 cm³/mol. The summed E-state index contributed by atoms with van der Waals surface area (Å²) in [5.41, 5.74) is 2.43. The molecule has 0 aliphatic heterocycles. The lowest BCUT2D eigenvalue weighted by Crippen LogP contribution is -2.15. The first kappa shape index (κ1) is 17.4. The number of carboxylic acids is 1. The zero-order valence-electron chi connectivity index (χ0n) is 14.3. The van der Waals surface area contributed by atoms with Crippen molar-refractivity contribution >= 4 is 17.7 Å². The Kier molecular flexibility index (Phi) is 5.12. The number of nitrogens with one attached hydrogen (secondary N) is 1. The van der Waals surface area contributed by atoms with Crippen LogP contribution in [-0.2, 0) is 17.9 Å². The van der Waals surface area contributed by atoms with E-state index in [0.29, 0.717) is 18.9 Å². The molecule has 0 spiro atoms. The third kappa shape index (κ3) is 4.56. The van der Waals surface area contributed by atoms with Crippen molar-refractivity contribution in [1.82, 2.24) is 19.6 Å². The highest BCUT2D eigenvalue weighted by atomic mass is 16.4. The number of amides is 1. The van der Waals surface area contributed by atoms with Crippen LogP contribution in [-0.4, -0.2) is 36.5 Å². The van der Waals surface area contributed by atoms with Crippen molar-refractivity contribution in [2.75, 3.05) is 5.32 Å². The molecule has 0 aliphatic carbocycles. The summed E-state index contributed by atoms with van der Waals surface area (Å²) < 4.78 is 3.19. The monoisotopic (exact) mass is 353 g/mol. The second-order valence-corrected chi connectivity index (χ2v) is 5.98. The van der Waals surface area contributed by atoms with E-state index < -0.39 is 5.97 Å². The molecule has 2 N–H and O–H groups in total. The Bertz CT molecular complexity index is 911. The SMILES string of the molecule is Cc1ccc(Cn2ccc(NC(=O)CCn3cc(C(=O)O)cn3)n2)cc1. The molecule has 8 nitrogen and oxygen atoms in total. The molecule has 3 rings (SSSR count). The lowest BCUT2D eigenvalue weighted by molar-refractivity contribution is -0.116. The first-order valence-corrected chi connectivity index (χ1v) is 8.14. The smallest absolute Gasteiger partial charge is 0.338 e. The molecule has 0 saturated heterocycles. The predicted octanol–water partition coefficient (Wildman–Crippen LogP) is 2.16. The van der Waals surface area contributed by atoms with Crippen LogP contribution in [0.5, 0.6) is 0 Å². The zero-order chi connectivity index (χ0) is 18.5. The molecule has 2 heterocycles. The second kappa shape index (κ2) is 7.64. The van der Waals surface area contributed by atoms with Gasteiger partial charge in [0.25, 0.3) is 0 Å². The van der Waals surface area contributed by atoms with E-state index in [0.717, 1.165) is 5.56 Å². The average molecular weight is 353 g/mol. The van der Waals surface area contributed by atoms with Crippen molar-refractivity contribution in [3.63, 3.8) is 0 Å². The van der Waals surface area contributed by atoms with E-state index >= 15 is 0 Å². The Labute approximate surface area is 150 Å². The van der Waals surface area contributed by atoms with Crippen LogP contribution in [0.3, 0.4) is 0 Å². The van der Waals surface area contributed by atoms with Gasteiger partial charge < -0.3 is 10.4 Å². The van der Waals surface area contributed by atoms with Crippen LogP contribution in [0, 0.1) is 6.92 Å². The highest BCUT2D eigenvalue weighted by molar-refractivity contribution is 5.89. The number of aromatic nitrogens is 4. The van der Waals surface area contributed by atoms with Crippen molar-refractivity contribution in [1.29, 1.82) is 0 Å². The van der Waals surface area contributed by atoms with E-state index in [1.807, 2.05) is 37.4 Å². The minimum absolute atomic E-state index is 0.0975. The number of carbonyl (C=O) groups is 2. The van der Waals surface area contributed by atoms with Gasteiger partial charge in [-0.15, -0.1) is 0 Å². The molecule has 134 valence electrons. The van der Waals surface area contributed by atoms with Crippen LogP contribution < -0.4 is 5.32 Å². The van der Waals surface area contributed by atoms with Crippen molar-refractivity contribution in [2.45, 2.75) is 26.4 Å². The Morgan fingerprint density at radius 3 is 2.62 bits per heavy atom. The number of nitrogens with zero attached hydrogens (tertiary/aromatic N) is 4. The number of hydrogen-bond acceptors (Lipinski definition) is 4. The molecular formula is C18H19N5O3. The van der Waals surface area contributed by atoms with Gasteiger partial charge in [0.05, 0.1) is 18.3 Å². The summed E-state index contributed by atoms with van der Waals surface area (Å²) in [6.45, 7) is 2.96. The molecule has 8 heteroatoms. The lowest BCUT2D eigenvalue weighted by Gasteiger charge is -2.04. The maximum absolute atomic E-state index is 12.0. The summed E-state index contributed by atoms with van der Waals surface area (Å²) in [6.07, 6.45) is 4.63. The molecule has 0 aliphatic rings. The van der Waals surface area contributed by atoms with Crippen molar-refractivity contribution in [3.8, 4) is 0 Å². The number of aromatic carboxylic acids is 1. The summed E-state index contributed by atoms with van der Waals surface area (Å²) in [5, 5.41) is 19.8. The maximum Gasteiger partial charge on any atom is 0.338 e. The lowest BCUT2D eigenvalue weighted by atomic mass is 10.1. The molecular weight excluding hydrogens is 334 g/mol. The molecule has 1 aromatic carbocycles. The molecule has 0 saturated carbocycles. The first-order valence-electron chi connectivity index (χ1n) is 8.14. The van der Waals surface area contributed by atoms with Crippen LogP contribution in [0.2, 0.25) is 0 Å². The number of benzene rings is 1. The second-order valence-electron chi connectivity index (χ2n) is 5.98. The quantitative estimate of drug-likeness (QED) is 0.678. The molecule has 0 atom stereocenters. The van der Waals surface area contributed by atoms with Gasteiger partial charge in [-0.2, -0.15) is 10.2 Å². The van der Waals surface area contributed by atoms with E-state index in [1.54, 1.807) is 10.7 Å². The van der Waals surface area contributed by atoms with Gasteiger partial charge in [-0.3, -0.25) is 14.2 Å². The van der Waals surface area contributed by atoms with Crippen LogP contribution in [0.1, 0.15) is 27.9 Å². The Morgan fingerprint density at radius 1 is 1.15 bits per heavy atom. The first-order chi connectivity index (χ1) is 12.5. The van der Waals surface area contributed by atoms with Gasteiger partial charge >= 0.3 is 5.97 Å². The Hall–Kier alpha value is -3.42. The molecule has 0 fully saturated rings. The number of rotatable bonds is 7. The molecule has 1 amide bonds. The third-order valence-corrected chi connectivity index (χ3v) is 3.82. The number of carbonyl (C=O) groups excluding carboxylic acids is 1. The van der Waals surface area contributed by atoms with Crippen LogP contribution in [0.4, 0.5) is 5.82 Å².